The highest BCUT2D eigenvalue weighted by molar-refractivity contribution is 5.99. The Morgan fingerprint density at radius 1 is 0.875 bits per heavy atom. The number of hydrogen-bond acceptors (Lipinski definition) is 3. The van der Waals surface area contributed by atoms with Crippen molar-refractivity contribution in [2.45, 2.75) is 51.0 Å². The van der Waals surface area contributed by atoms with Crippen molar-refractivity contribution in [1.29, 1.82) is 0 Å². The lowest BCUT2D eigenvalue weighted by molar-refractivity contribution is -0.139. The summed E-state index contributed by atoms with van der Waals surface area (Å²) in [6.45, 7) is 2.01. The minimum absolute atomic E-state index is 0.174. The largest absolute Gasteiger partial charge is 0.341 e. The Bertz CT molecular complexity index is 1060. The van der Waals surface area contributed by atoms with Crippen LogP contribution in [0.3, 0.4) is 0 Å². The van der Waals surface area contributed by atoms with E-state index < -0.39 is 6.03 Å². The normalized spacial score (nSPS) is 22.7. The fraction of sp³-hybridized carbons (Fsp3) is 0.480. The Balaban J connectivity index is 1.30. The number of urea groups is 1. The van der Waals surface area contributed by atoms with Gasteiger partial charge in [0.05, 0.1) is 0 Å². The molecule has 0 radical (unpaired) electrons. The van der Waals surface area contributed by atoms with Gasteiger partial charge in [0, 0.05) is 42.9 Å². The lowest BCUT2D eigenvalue weighted by Gasteiger charge is -2.44. The second kappa shape index (κ2) is 8.81. The number of rotatable bonds is 3. The van der Waals surface area contributed by atoms with Gasteiger partial charge in [-0.15, -0.1) is 0 Å². The van der Waals surface area contributed by atoms with Crippen LogP contribution in [0.2, 0.25) is 0 Å². The highest BCUT2D eigenvalue weighted by atomic mass is 16.2. The molecule has 2 aromatic rings. The summed E-state index contributed by atoms with van der Waals surface area (Å²) in [4.78, 5) is 40.6. The molecule has 32 heavy (non-hydrogen) atoms. The molecule has 1 aromatic carbocycles. The van der Waals surface area contributed by atoms with Gasteiger partial charge >= 0.3 is 6.03 Å². The van der Waals surface area contributed by atoms with Crippen molar-refractivity contribution >= 4 is 23.3 Å². The summed E-state index contributed by atoms with van der Waals surface area (Å²) in [6.07, 6.45) is 6.59. The minimum atomic E-state index is -0.436. The lowest BCUT2D eigenvalue weighted by atomic mass is 9.81. The summed E-state index contributed by atoms with van der Waals surface area (Å²) in [7, 11) is 0. The van der Waals surface area contributed by atoms with E-state index in [4.69, 9.17) is 0 Å². The Morgan fingerprint density at radius 3 is 2.44 bits per heavy atom. The first-order valence-corrected chi connectivity index (χ1v) is 11.7. The van der Waals surface area contributed by atoms with Gasteiger partial charge in [0.15, 0.2) is 0 Å². The molecule has 2 atom stereocenters. The van der Waals surface area contributed by atoms with Crippen molar-refractivity contribution in [3.63, 3.8) is 0 Å². The van der Waals surface area contributed by atoms with Crippen LogP contribution in [0, 0.1) is 11.8 Å². The number of amides is 3. The molecule has 1 saturated carbocycles. The number of nitrogens with one attached hydrogen (secondary N) is 2. The summed E-state index contributed by atoms with van der Waals surface area (Å²) < 4.78 is 1.80. The van der Waals surface area contributed by atoms with E-state index in [9.17, 15) is 14.4 Å². The Labute approximate surface area is 187 Å². The van der Waals surface area contributed by atoms with Crippen molar-refractivity contribution < 1.29 is 9.59 Å². The van der Waals surface area contributed by atoms with Gasteiger partial charge in [0.1, 0.15) is 5.69 Å². The van der Waals surface area contributed by atoms with Gasteiger partial charge in [0.2, 0.25) is 5.91 Å². The van der Waals surface area contributed by atoms with Crippen LogP contribution in [-0.2, 0) is 11.3 Å². The number of para-hydroxylation sites is 1. The summed E-state index contributed by atoms with van der Waals surface area (Å²) in [5.74, 6) is 0.945. The number of hydrogen-bond donors (Lipinski definition) is 2. The average molecular weight is 435 g/mol. The van der Waals surface area contributed by atoms with E-state index in [1.807, 2.05) is 24.3 Å². The number of carbonyl (C=O) groups is 2. The number of pyridine rings is 1. The monoisotopic (exact) mass is 434 g/mol. The molecule has 0 unspecified atom stereocenters. The molecular weight excluding hydrogens is 404 g/mol. The molecule has 5 rings (SSSR count). The maximum atomic E-state index is 13.1. The van der Waals surface area contributed by atoms with E-state index in [2.05, 4.69) is 15.5 Å². The van der Waals surface area contributed by atoms with Crippen LogP contribution in [0.4, 0.5) is 16.2 Å². The smallest absolute Gasteiger partial charge is 0.323 e. The first-order valence-electron chi connectivity index (χ1n) is 11.7. The lowest BCUT2D eigenvalue weighted by Crippen LogP contribution is -2.51. The molecule has 3 heterocycles. The number of benzene rings is 1. The molecule has 7 heteroatoms. The third kappa shape index (κ3) is 4.16. The van der Waals surface area contributed by atoms with E-state index in [-0.39, 0.29) is 29.0 Å². The number of fused-ring (bicyclic) bond motifs is 4. The van der Waals surface area contributed by atoms with Crippen LogP contribution in [0.15, 0.2) is 47.3 Å². The molecule has 0 spiro atoms. The molecule has 1 aromatic heterocycles. The third-order valence-electron chi connectivity index (χ3n) is 7.15. The van der Waals surface area contributed by atoms with Gasteiger partial charge in [-0.3, -0.25) is 9.59 Å². The Hall–Kier alpha value is -3.09. The highest BCUT2D eigenvalue weighted by Gasteiger charge is 2.38. The standard InChI is InChI=1S/C25H30N4O3/c30-23(18-7-3-1-4-8-18)28-14-17-13-19(16-28)22-12-11-21(24(31)29(22)15-17)27-25(32)26-20-9-5-2-6-10-20/h2,5-6,9-12,17-19H,1,3-4,7-8,13-16H2,(H2,26,27,32)/t17-,19-/m1/s1. The van der Waals surface area contributed by atoms with Gasteiger partial charge in [-0.1, -0.05) is 37.5 Å². The van der Waals surface area contributed by atoms with E-state index in [0.29, 0.717) is 24.7 Å². The summed E-state index contributed by atoms with van der Waals surface area (Å²) in [6, 6.07) is 12.3. The zero-order valence-electron chi connectivity index (χ0n) is 18.3. The second-order valence-corrected chi connectivity index (χ2v) is 9.41. The molecule has 1 saturated heterocycles. The number of carbonyl (C=O) groups excluding carboxylic acids is 2. The van der Waals surface area contributed by atoms with Crippen molar-refractivity contribution in [2.75, 3.05) is 23.7 Å². The van der Waals surface area contributed by atoms with Gasteiger partial charge < -0.3 is 20.1 Å². The van der Waals surface area contributed by atoms with Crippen molar-refractivity contribution in [3.05, 3.63) is 58.5 Å². The Morgan fingerprint density at radius 2 is 1.66 bits per heavy atom. The van der Waals surface area contributed by atoms with Crippen LogP contribution in [0.25, 0.3) is 0 Å². The maximum Gasteiger partial charge on any atom is 0.323 e. The van der Waals surface area contributed by atoms with Crippen LogP contribution in [-0.4, -0.2) is 34.5 Å². The molecule has 2 bridgehead atoms. The van der Waals surface area contributed by atoms with E-state index in [1.54, 1.807) is 22.8 Å². The number of nitrogens with zero attached hydrogens (tertiary/aromatic N) is 2. The number of piperidine rings is 1. The topological polar surface area (TPSA) is 83.4 Å². The summed E-state index contributed by atoms with van der Waals surface area (Å²) >= 11 is 0. The molecule has 168 valence electrons. The summed E-state index contributed by atoms with van der Waals surface area (Å²) in [5, 5.41) is 5.44. The predicted octanol–water partition coefficient (Wildman–Crippen LogP) is 4.02. The molecule has 2 aliphatic heterocycles. The van der Waals surface area contributed by atoms with Crippen molar-refractivity contribution in [1.82, 2.24) is 9.47 Å². The van der Waals surface area contributed by atoms with Gasteiger partial charge in [-0.25, -0.2) is 4.79 Å². The third-order valence-corrected chi connectivity index (χ3v) is 7.15. The van der Waals surface area contributed by atoms with Gasteiger partial charge in [-0.2, -0.15) is 0 Å². The first-order chi connectivity index (χ1) is 15.6. The van der Waals surface area contributed by atoms with Crippen LogP contribution >= 0.6 is 0 Å². The number of anilines is 2. The van der Waals surface area contributed by atoms with Gasteiger partial charge in [-0.05, 0) is 49.4 Å². The molecule has 1 aliphatic carbocycles. The molecule has 3 amide bonds. The quantitative estimate of drug-likeness (QED) is 0.765. The van der Waals surface area contributed by atoms with Crippen LogP contribution < -0.4 is 16.2 Å². The van der Waals surface area contributed by atoms with Crippen molar-refractivity contribution in [3.8, 4) is 0 Å². The average Bonchev–Trinajstić information content (AvgIpc) is 2.82. The van der Waals surface area contributed by atoms with Gasteiger partial charge in [0.25, 0.3) is 5.56 Å². The Kier molecular flexibility index (Phi) is 5.72. The first kappa shape index (κ1) is 20.8. The minimum Gasteiger partial charge on any atom is -0.341 e. The highest BCUT2D eigenvalue weighted by Crippen LogP contribution is 2.37. The molecule has 2 fully saturated rings. The zero-order chi connectivity index (χ0) is 22.1. The number of likely N-dealkylation sites (tertiary alicyclic amines) is 1. The molecule has 3 aliphatic rings. The van der Waals surface area contributed by atoms with Crippen LogP contribution in [0.5, 0.6) is 0 Å². The number of aromatic nitrogens is 1. The van der Waals surface area contributed by atoms with Crippen LogP contribution in [0.1, 0.15) is 50.1 Å². The SMILES string of the molecule is O=C(Nc1ccccc1)Nc1ccc2n(c1=O)C[C@@H]1C[C@@H]2CN(C(=O)C2CCCCC2)C1. The zero-order valence-corrected chi connectivity index (χ0v) is 18.3. The fourth-order valence-corrected chi connectivity index (χ4v) is 5.63. The fourth-order valence-electron chi connectivity index (χ4n) is 5.63. The predicted molar refractivity (Wildman–Crippen MR) is 124 cm³/mol. The molecule has 2 N–H and O–H groups in total. The summed E-state index contributed by atoms with van der Waals surface area (Å²) in [5.41, 5.74) is 1.74. The second-order valence-electron chi connectivity index (χ2n) is 9.41. The van der Waals surface area contributed by atoms with Crippen molar-refractivity contribution in [2.24, 2.45) is 11.8 Å². The molecule has 7 nitrogen and oxygen atoms in total. The molecular formula is C25H30N4O3. The van der Waals surface area contributed by atoms with E-state index in [1.165, 1.54) is 6.42 Å². The van der Waals surface area contributed by atoms with E-state index in [0.717, 1.165) is 44.3 Å². The maximum absolute atomic E-state index is 13.1. The van der Waals surface area contributed by atoms with E-state index >= 15 is 0 Å².